The van der Waals surface area contributed by atoms with E-state index in [1.807, 2.05) is 0 Å². The van der Waals surface area contributed by atoms with E-state index in [1.165, 1.54) is 0 Å². The van der Waals surface area contributed by atoms with E-state index < -0.39 is 40.0 Å². The van der Waals surface area contributed by atoms with Gasteiger partial charge in [-0.2, -0.15) is 13.2 Å². The predicted molar refractivity (Wildman–Crippen MR) is 57.1 cm³/mol. The molecule has 5 nitrogen and oxygen atoms in total. The Morgan fingerprint density at radius 3 is 2.21 bits per heavy atom. The molecule has 1 saturated carbocycles. The summed E-state index contributed by atoms with van der Waals surface area (Å²) in [5, 5.41) is -3.20. The first-order valence-electron chi connectivity index (χ1n) is 5.80. The summed E-state index contributed by atoms with van der Waals surface area (Å²) in [6.45, 7) is -1.47. The third-order valence-corrected chi connectivity index (χ3v) is 4.13. The van der Waals surface area contributed by atoms with Gasteiger partial charge in [0.2, 0.25) is 0 Å². The van der Waals surface area contributed by atoms with Crippen LogP contribution >= 0.6 is 0 Å². The van der Waals surface area contributed by atoms with Crippen LogP contribution in [0.1, 0.15) is 32.1 Å². The molecule has 0 N–H and O–H groups in total. The first-order valence-corrected chi connectivity index (χ1v) is 7.27. The van der Waals surface area contributed by atoms with E-state index in [-0.39, 0.29) is 0 Å². The minimum Gasteiger partial charge on any atom is -0.747 e. The van der Waals surface area contributed by atoms with Crippen molar-refractivity contribution in [3.63, 3.8) is 0 Å². The van der Waals surface area contributed by atoms with Crippen molar-refractivity contribution >= 4 is 16.1 Å². The minimum atomic E-state index is -5.60. The van der Waals surface area contributed by atoms with E-state index in [1.54, 1.807) is 0 Å². The van der Waals surface area contributed by atoms with Gasteiger partial charge >= 0.3 is 12.1 Å². The Balaban J connectivity index is 2.59. The van der Waals surface area contributed by atoms with Crippen LogP contribution in [0.2, 0.25) is 0 Å². The Morgan fingerprint density at radius 2 is 1.79 bits per heavy atom. The molecule has 0 aromatic heterocycles. The predicted octanol–water partition coefficient (Wildman–Crippen LogP) is 1.59. The van der Waals surface area contributed by atoms with Gasteiger partial charge in [-0.25, -0.2) is 8.42 Å². The van der Waals surface area contributed by atoms with Crippen molar-refractivity contribution in [1.29, 1.82) is 0 Å². The number of hydrogen-bond acceptors (Lipinski definition) is 5. The second kappa shape index (κ2) is 6.08. The molecule has 1 unspecified atom stereocenters. The highest BCUT2D eigenvalue weighted by molar-refractivity contribution is 7.86. The molecule has 9 heteroatoms. The smallest absolute Gasteiger partial charge is 0.407 e. The Kier molecular flexibility index (Phi) is 5.19. The lowest BCUT2D eigenvalue weighted by Gasteiger charge is -2.25. The van der Waals surface area contributed by atoms with Gasteiger partial charge < -0.3 is 9.29 Å². The molecule has 0 heterocycles. The molecule has 1 aliphatic carbocycles. The first kappa shape index (κ1) is 16.2. The van der Waals surface area contributed by atoms with Gasteiger partial charge in [0.05, 0.1) is 5.92 Å². The largest absolute Gasteiger partial charge is 0.747 e. The van der Waals surface area contributed by atoms with Crippen LogP contribution < -0.4 is 0 Å². The standard InChI is InChI=1S/C10H15F3O5S/c11-10(12,13)8(19(15,16)17)6-18-9(14)7-4-2-1-3-5-7/h7-8H,1-6H2,(H,15,16,17)/p-1. The van der Waals surface area contributed by atoms with Crippen LogP contribution in [0.5, 0.6) is 0 Å². The SMILES string of the molecule is O=C(OCC(C(F)(F)F)S(=O)(=O)[O-])C1CCCCC1. The van der Waals surface area contributed by atoms with E-state index in [4.69, 9.17) is 0 Å². The Labute approximate surface area is 108 Å². The molecule has 0 spiro atoms. The number of carbonyl (C=O) groups excluding carboxylic acids is 1. The topological polar surface area (TPSA) is 83.5 Å². The van der Waals surface area contributed by atoms with Crippen molar-refractivity contribution in [2.75, 3.05) is 6.61 Å². The van der Waals surface area contributed by atoms with Crippen molar-refractivity contribution in [3.05, 3.63) is 0 Å². The van der Waals surface area contributed by atoms with Crippen LogP contribution in [0.3, 0.4) is 0 Å². The van der Waals surface area contributed by atoms with Gasteiger partial charge in [-0.05, 0) is 12.8 Å². The van der Waals surface area contributed by atoms with E-state index >= 15 is 0 Å². The molecule has 0 aromatic rings. The van der Waals surface area contributed by atoms with Gasteiger partial charge in [0.15, 0.2) is 5.25 Å². The average Bonchev–Trinajstić information content (AvgIpc) is 2.26. The molecule has 0 radical (unpaired) electrons. The zero-order chi connectivity index (χ0) is 14.7. The molecule has 1 aliphatic rings. The molecular formula is C10H14F3O5S-. The van der Waals surface area contributed by atoms with Gasteiger partial charge in [-0.3, -0.25) is 4.79 Å². The van der Waals surface area contributed by atoms with Gasteiger partial charge in [0.1, 0.15) is 16.7 Å². The summed E-state index contributed by atoms with van der Waals surface area (Å²) >= 11 is 0. The van der Waals surface area contributed by atoms with E-state index in [9.17, 15) is 30.9 Å². The van der Waals surface area contributed by atoms with Crippen molar-refractivity contribution in [2.45, 2.75) is 43.5 Å². The van der Waals surface area contributed by atoms with Gasteiger partial charge in [-0.1, -0.05) is 19.3 Å². The van der Waals surface area contributed by atoms with Gasteiger partial charge in [-0.15, -0.1) is 0 Å². The molecular weight excluding hydrogens is 289 g/mol. The fraction of sp³-hybridized carbons (Fsp3) is 0.900. The number of rotatable bonds is 4. The summed E-state index contributed by atoms with van der Waals surface area (Å²) in [5.74, 6) is -1.37. The summed E-state index contributed by atoms with van der Waals surface area (Å²) in [6, 6.07) is 0. The highest BCUT2D eigenvalue weighted by Crippen LogP contribution is 2.28. The maximum Gasteiger partial charge on any atom is 0.407 e. The fourth-order valence-corrected chi connectivity index (χ4v) is 2.52. The lowest BCUT2D eigenvalue weighted by Crippen LogP contribution is -2.41. The highest BCUT2D eigenvalue weighted by atomic mass is 32.2. The quantitative estimate of drug-likeness (QED) is 0.581. The van der Waals surface area contributed by atoms with Crippen LogP contribution in [-0.4, -0.2) is 37.0 Å². The number of carbonyl (C=O) groups is 1. The molecule has 112 valence electrons. The third-order valence-electron chi connectivity index (χ3n) is 3.03. The van der Waals surface area contributed by atoms with E-state index in [2.05, 4.69) is 4.74 Å². The zero-order valence-electron chi connectivity index (χ0n) is 9.98. The summed E-state index contributed by atoms with van der Waals surface area (Å²) in [5.41, 5.74) is 0. The molecule has 1 rings (SSSR count). The molecule has 0 saturated heterocycles. The van der Waals surface area contributed by atoms with Crippen molar-refractivity contribution in [2.24, 2.45) is 5.92 Å². The first-order chi connectivity index (χ1) is 8.62. The van der Waals surface area contributed by atoms with Crippen LogP contribution in [0.15, 0.2) is 0 Å². The lowest BCUT2D eigenvalue weighted by atomic mass is 9.89. The van der Waals surface area contributed by atoms with Crippen molar-refractivity contribution in [3.8, 4) is 0 Å². The molecule has 19 heavy (non-hydrogen) atoms. The third kappa shape index (κ3) is 4.98. The number of hydrogen-bond donors (Lipinski definition) is 0. The zero-order valence-corrected chi connectivity index (χ0v) is 10.8. The number of halogens is 3. The van der Waals surface area contributed by atoms with Gasteiger partial charge in [0.25, 0.3) is 0 Å². The fourth-order valence-electron chi connectivity index (χ4n) is 1.96. The summed E-state index contributed by atoms with van der Waals surface area (Å²) < 4.78 is 72.9. The second-order valence-corrected chi connectivity index (χ2v) is 6.04. The Bertz CT molecular complexity index is 411. The van der Waals surface area contributed by atoms with E-state index in [0.717, 1.165) is 19.3 Å². The van der Waals surface area contributed by atoms with Crippen LogP contribution in [0, 0.1) is 5.92 Å². The monoisotopic (exact) mass is 303 g/mol. The van der Waals surface area contributed by atoms with E-state index in [0.29, 0.717) is 12.8 Å². The molecule has 0 bridgehead atoms. The summed E-state index contributed by atoms with van der Waals surface area (Å²) in [7, 11) is -5.60. The second-order valence-electron chi connectivity index (χ2n) is 4.49. The molecule has 0 aliphatic heterocycles. The molecule has 0 amide bonds. The van der Waals surface area contributed by atoms with Crippen LogP contribution in [0.25, 0.3) is 0 Å². The normalized spacial score (nSPS) is 20.0. The van der Waals surface area contributed by atoms with Crippen LogP contribution in [-0.2, 0) is 19.6 Å². The van der Waals surface area contributed by atoms with Crippen molar-refractivity contribution in [1.82, 2.24) is 0 Å². The number of esters is 1. The molecule has 0 aromatic carbocycles. The Morgan fingerprint density at radius 1 is 1.26 bits per heavy atom. The summed E-state index contributed by atoms with van der Waals surface area (Å²) in [4.78, 5) is 11.5. The highest BCUT2D eigenvalue weighted by Gasteiger charge is 2.45. The van der Waals surface area contributed by atoms with Crippen LogP contribution in [0.4, 0.5) is 13.2 Å². The van der Waals surface area contributed by atoms with Crippen molar-refractivity contribution < 1.29 is 35.7 Å². The maximum absolute atomic E-state index is 12.3. The van der Waals surface area contributed by atoms with Gasteiger partial charge in [0, 0.05) is 0 Å². The number of alkyl halides is 3. The Hall–Kier alpha value is -0.830. The minimum absolute atomic E-state index is 0.503. The molecule has 1 fully saturated rings. The maximum atomic E-state index is 12.3. The summed E-state index contributed by atoms with van der Waals surface area (Å²) in [6.07, 6.45) is -1.71. The molecule has 1 atom stereocenters. The lowest BCUT2D eigenvalue weighted by molar-refractivity contribution is -0.161. The average molecular weight is 303 g/mol. The number of ether oxygens (including phenoxy) is 1.